The number of carbonyl (C=O) groups excluding carboxylic acids is 1. The summed E-state index contributed by atoms with van der Waals surface area (Å²) < 4.78 is 1.66. The normalized spacial score (nSPS) is 15.6. The predicted molar refractivity (Wildman–Crippen MR) is 109 cm³/mol. The Labute approximate surface area is 168 Å². The lowest BCUT2D eigenvalue weighted by Gasteiger charge is -2.32. The Bertz CT molecular complexity index is 986. The van der Waals surface area contributed by atoms with Crippen molar-refractivity contribution in [1.82, 2.24) is 24.8 Å². The lowest BCUT2D eigenvalue weighted by Crippen LogP contribution is -2.33. The van der Waals surface area contributed by atoms with E-state index in [2.05, 4.69) is 27.2 Å². The molecule has 0 aliphatic heterocycles. The number of anilines is 1. The summed E-state index contributed by atoms with van der Waals surface area (Å²) in [6, 6.07) is 0.132. The highest BCUT2D eigenvalue weighted by Crippen LogP contribution is 2.32. The summed E-state index contributed by atoms with van der Waals surface area (Å²) in [7, 11) is 1.73. The second-order valence-corrected chi connectivity index (χ2v) is 8.57. The smallest absolute Gasteiger partial charge is 0.410 e. The summed E-state index contributed by atoms with van der Waals surface area (Å²) in [4.78, 5) is 36.8. The van der Waals surface area contributed by atoms with E-state index in [1.807, 2.05) is 26.1 Å². The van der Waals surface area contributed by atoms with Gasteiger partial charge in [-0.15, -0.1) is 0 Å². The van der Waals surface area contributed by atoms with E-state index in [9.17, 15) is 9.59 Å². The molecule has 156 valence electrons. The fourth-order valence-corrected chi connectivity index (χ4v) is 3.30. The van der Waals surface area contributed by atoms with E-state index in [1.54, 1.807) is 11.6 Å². The van der Waals surface area contributed by atoms with E-state index >= 15 is 0 Å². The molecule has 2 aromatic heterocycles. The highest BCUT2D eigenvalue weighted by atomic mass is 16.4. The second-order valence-electron chi connectivity index (χ2n) is 8.57. The Balaban J connectivity index is 2.12. The van der Waals surface area contributed by atoms with Crippen molar-refractivity contribution >= 4 is 34.7 Å². The molecular weight excluding hydrogens is 374 g/mol. The molecule has 0 bridgehead atoms. The predicted octanol–water partition coefficient (Wildman–Crippen LogP) is 2.79. The summed E-state index contributed by atoms with van der Waals surface area (Å²) >= 11 is 0. The molecule has 10 heteroatoms. The Morgan fingerprint density at radius 1 is 1.24 bits per heavy atom. The number of ketones is 1. The number of amides is 1. The first-order valence-corrected chi connectivity index (χ1v) is 9.63. The number of nitrogens with zero attached hydrogens (tertiary/aromatic N) is 4. The van der Waals surface area contributed by atoms with Gasteiger partial charge in [0.15, 0.2) is 28.9 Å². The third-order valence-electron chi connectivity index (χ3n) is 5.29. The number of fused-ring (bicyclic) bond motifs is 1. The van der Waals surface area contributed by atoms with Crippen LogP contribution in [0.15, 0.2) is 0 Å². The molecule has 0 spiro atoms. The first-order valence-electron chi connectivity index (χ1n) is 9.63. The van der Waals surface area contributed by atoms with Crippen molar-refractivity contribution in [2.45, 2.75) is 53.0 Å². The van der Waals surface area contributed by atoms with E-state index in [0.29, 0.717) is 17.3 Å². The molecule has 0 radical (unpaired) electrons. The molecule has 10 nitrogen and oxygen atoms in total. The minimum Gasteiger partial charge on any atom is -0.465 e. The zero-order valence-electron chi connectivity index (χ0n) is 17.3. The van der Waals surface area contributed by atoms with Gasteiger partial charge in [0.25, 0.3) is 0 Å². The molecule has 3 rings (SSSR count). The van der Waals surface area contributed by atoms with Gasteiger partial charge in [0.2, 0.25) is 5.78 Å². The van der Waals surface area contributed by atoms with Crippen molar-refractivity contribution < 1.29 is 14.7 Å². The van der Waals surface area contributed by atoms with Gasteiger partial charge in [0.05, 0.1) is 0 Å². The number of aromatic nitrogens is 4. The van der Waals surface area contributed by atoms with Crippen LogP contribution in [0, 0.1) is 16.7 Å². The van der Waals surface area contributed by atoms with Gasteiger partial charge in [0, 0.05) is 18.5 Å². The molecule has 0 unspecified atom stereocenters. The van der Waals surface area contributed by atoms with Gasteiger partial charge in [-0.1, -0.05) is 27.2 Å². The molecule has 1 amide bonds. The SMILES string of the molecule is C[C@@H](Nc1nc(C(=N)NC(=O)O)nc2nc(C(=O)C(C)(C)C)n(C)c12)C1CCC1. The maximum atomic E-state index is 12.8. The second kappa shape index (κ2) is 7.41. The average Bonchev–Trinajstić information content (AvgIpc) is 2.87. The van der Waals surface area contributed by atoms with E-state index in [0.717, 1.165) is 12.8 Å². The largest absolute Gasteiger partial charge is 0.465 e. The van der Waals surface area contributed by atoms with Crippen LogP contribution in [0.5, 0.6) is 0 Å². The zero-order chi connectivity index (χ0) is 21.5. The lowest BCUT2D eigenvalue weighted by molar-refractivity contribution is 0.0844. The number of rotatable bonds is 5. The lowest BCUT2D eigenvalue weighted by atomic mass is 9.80. The molecule has 0 aromatic carbocycles. The Morgan fingerprint density at radius 2 is 1.90 bits per heavy atom. The number of nitrogens with one attached hydrogen (secondary N) is 3. The standard InChI is InChI=1S/C19H27N7O3/c1-9(10-7-6-8-10)21-14-11-15(24-16(23-14)13(20)22-18(28)29)25-17(26(11)5)12(27)19(2,3)4/h9-10H,6-8H2,1-5H3,(H2,20,22)(H,28,29)(H,21,23,24)/t9-/m1/s1. The highest BCUT2D eigenvalue weighted by Gasteiger charge is 2.30. The van der Waals surface area contributed by atoms with Crippen LogP contribution in [0.3, 0.4) is 0 Å². The Morgan fingerprint density at radius 3 is 2.41 bits per heavy atom. The summed E-state index contributed by atoms with van der Waals surface area (Å²) in [5.41, 5.74) is 0.163. The number of Topliss-reactive ketones (excluding diaryl/α,β-unsaturated/α-hetero) is 1. The number of carboxylic acid groups (broad SMARTS) is 1. The van der Waals surface area contributed by atoms with E-state index in [1.165, 1.54) is 6.42 Å². The first-order chi connectivity index (χ1) is 13.5. The Hall–Kier alpha value is -3.04. The van der Waals surface area contributed by atoms with E-state index in [4.69, 9.17) is 10.5 Å². The number of hydrogen-bond donors (Lipinski definition) is 4. The minimum atomic E-state index is -1.37. The number of hydrogen-bond acceptors (Lipinski definition) is 7. The summed E-state index contributed by atoms with van der Waals surface area (Å²) in [5.74, 6) is 0.504. The monoisotopic (exact) mass is 401 g/mol. The minimum absolute atomic E-state index is 0.101. The maximum absolute atomic E-state index is 12.8. The highest BCUT2D eigenvalue weighted by molar-refractivity contribution is 6.04. The van der Waals surface area contributed by atoms with Gasteiger partial charge in [-0.2, -0.15) is 0 Å². The molecule has 1 aliphatic carbocycles. The topological polar surface area (TPSA) is 146 Å². The van der Waals surface area contributed by atoms with Crippen LogP contribution in [0.1, 0.15) is 63.4 Å². The molecule has 29 heavy (non-hydrogen) atoms. The zero-order valence-corrected chi connectivity index (χ0v) is 17.3. The first kappa shape index (κ1) is 20.7. The van der Waals surface area contributed by atoms with Crippen molar-refractivity contribution in [3.63, 3.8) is 0 Å². The fourth-order valence-electron chi connectivity index (χ4n) is 3.30. The van der Waals surface area contributed by atoms with Gasteiger partial charge < -0.3 is 15.0 Å². The third-order valence-corrected chi connectivity index (χ3v) is 5.29. The molecule has 4 N–H and O–H groups in total. The summed E-state index contributed by atoms with van der Waals surface area (Å²) in [6.07, 6.45) is 2.08. The fraction of sp³-hybridized carbons (Fsp3) is 0.579. The molecule has 1 saturated carbocycles. The molecule has 2 aromatic rings. The molecule has 1 fully saturated rings. The van der Waals surface area contributed by atoms with Crippen LogP contribution in [-0.2, 0) is 7.05 Å². The van der Waals surface area contributed by atoms with Crippen LogP contribution in [0.2, 0.25) is 0 Å². The van der Waals surface area contributed by atoms with Gasteiger partial charge in [-0.25, -0.2) is 19.7 Å². The van der Waals surface area contributed by atoms with Crippen LogP contribution in [0.4, 0.5) is 10.6 Å². The van der Waals surface area contributed by atoms with Crippen LogP contribution < -0.4 is 10.6 Å². The summed E-state index contributed by atoms with van der Waals surface area (Å²) in [6.45, 7) is 7.51. The van der Waals surface area contributed by atoms with Crippen molar-refractivity contribution in [2.24, 2.45) is 18.4 Å². The Kier molecular flexibility index (Phi) is 5.29. The third kappa shape index (κ3) is 4.06. The van der Waals surface area contributed by atoms with Gasteiger partial charge >= 0.3 is 6.09 Å². The molecule has 2 heterocycles. The summed E-state index contributed by atoms with van der Waals surface area (Å²) in [5, 5.41) is 22.2. The van der Waals surface area contributed by atoms with Crippen molar-refractivity contribution in [2.75, 3.05) is 5.32 Å². The van der Waals surface area contributed by atoms with Crippen LogP contribution in [-0.4, -0.2) is 48.4 Å². The number of carbonyl (C=O) groups is 2. The molecule has 0 saturated heterocycles. The van der Waals surface area contributed by atoms with Crippen molar-refractivity contribution in [3.8, 4) is 0 Å². The van der Waals surface area contributed by atoms with Gasteiger partial charge in [-0.3, -0.25) is 15.5 Å². The van der Waals surface area contributed by atoms with Gasteiger partial charge in [0.1, 0.15) is 5.52 Å². The van der Waals surface area contributed by atoms with Crippen molar-refractivity contribution in [1.29, 1.82) is 5.41 Å². The molecule has 1 aliphatic rings. The van der Waals surface area contributed by atoms with E-state index < -0.39 is 17.3 Å². The average molecular weight is 401 g/mol. The maximum Gasteiger partial charge on any atom is 0.410 e. The quantitative estimate of drug-likeness (QED) is 0.342. The number of aryl methyl sites for hydroxylation is 1. The number of amidine groups is 1. The number of imidazole rings is 1. The van der Waals surface area contributed by atoms with Gasteiger partial charge in [-0.05, 0) is 25.7 Å². The van der Waals surface area contributed by atoms with Crippen molar-refractivity contribution in [3.05, 3.63) is 11.6 Å². The molecule has 1 atom stereocenters. The van der Waals surface area contributed by atoms with Crippen LogP contribution in [0.25, 0.3) is 11.2 Å². The molecular formula is C19H27N7O3. The van der Waals surface area contributed by atoms with Crippen LogP contribution >= 0.6 is 0 Å². The van der Waals surface area contributed by atoms with E-state index in [-0.39, 0.29) is 29.1 Å².